The fourth-order valence-corrected chi connectivity index (χ4v) is 2.46. The van der Waals surface area contributed by atoms with E-state index in [2.05, 4.69) is 34.3 Å². The van der Waals surface area contributed by atoms with Crippen molar-refractivity contribution in [3.63, 3.8) is 0 Å². The number of hydrogen-bond donors (Lipinski definition) is 1. The number of ether oxygens (including phenoxy) is 1. The summed E-state index contributed by atoms with van der Waals surface area (Å²) < 4.78 is 11.6. The number of nitrogens with one attached hydrogen (secondary N) is 1. The molecule has 1 aromatic heterocycles. The highest BCUT2D eigenvalue weighted by molar-refractivity contribution is 5.25. The number of nitrogens with zero attached hydrogens (tertiary/aromatic N) is 3. The van der Waals surface area contributed by atoms with E-state index in [4.69, 9.17) is 9.15 Å². The van der Waals surface area contributed by atoms with Gasteiger partial charge < -0.3 is 19.4 Å². The van der Waals surface area contributed by atoms with Crippen LogP contribution >= 0.6 is 0 Å². The van der Waals surface area contributed by atoms with Gasteiger partial charge in [-0.1, -0.05) is 18.9 Å². The smallest absolute Gasteiger partial charge is 0.318 e. The van der Waals surface area contributed by atoms with Gasteiger partial charge in [0.1, 0.15) is 0 Å². The van der Waals surface area contributed by atoms with E-state index in [0.29, 0.717) is 11.9 Å². The lowest BCUT2D eigenvalue weighted by molar-refractivity contribution is 0.0430. The Morgan fingerprint density at radius 2 is 2.30 bits per heavy atom. The van der Waals surface area contributed by atoms with Crippen LogP contribution in [-0.4, -0.2) is 42.5 Å². The molecule has 20 heavy (non-hydrogen) atoms. The average Bonchev–Trinajstić information content (AvgIpc) is 2.95. The Hall–Kier alpha value is -1.14. The molecule has 1 aromatic rings. The molecule has 2 heterocycles. The summed E-state index contributed by atoms with van der Waals surface area (Å²) in [4.78, 5) is 2.14. The Balaban J connectivity index is 1.93. The van der Waals surface area contributed by atoms with Crippen molar-refractivity contribution in [3.8, 4) is 0 Å². The van der Waals surface area contributed by atoms with Crippen molar-refractivity contribution < 1.29 is 9.15 Å². The molecule has 114 valence electrons. The SMILES string of the molecule is CCCOC1CCCN(c2nnc(C(C)NCC)o2)C1. The van der Waals surface area contributed by atoms with Crippen LogP contribution in [0.15, 0.2) is 4.42 Å². The van der Waals surface area contributed by atoms with Crippen LogP contribution in [0.4, 0.5) is 6.01 Å². The van der Waals surface area contributed by atoms with Crippen molar-refractivity contribution in [2.75, 3.05) is 31.1 Å². The summed E-state index contributed by atoms with van der Waals surface area (Å²) in [5.41, 5.74) is 0. The minimum absolute atomic E-state index is 0.0955. The second-order valence-electron chi connectivity index (χ2n) is 5.28. The maximum absolute atomic E-state index is 5.83. The third-order valence-electron chi connectivity index (χ3n) is 3.52. The van der Waals surface area contributed by atoms with Gasteiger partial charge in [0, 0.05) is 19.7 Å². The molecule has 1 aliphatic rings. The largest absolute Gasteiger partial charge is 0.406 e. The van der Waals surface area contributed by atoms with Gasteiger partial charge in [0.15, 0.2) is 0 Å². The Morgan fingerprint density at radius 1 is 1.45 bits per heavy atom. The molecular formula is C14H26N4O2. The van der Waals surface area contributed by atoms with Crippen molar-refractivity contribution in [2.24, 2.45) is 0 Å². The fourth-order valence-electron chi connectivity index (χ4n) is 2.46. The van der Waals surface area contributed by atoms with Gasteiger partial charge >= 0.3 is 6.01 Å². The molecule has 6 heteroatoms. The maximum Gasteiger partial charge on any atom is 0.318 e. The minimum Gasteiger partial charge on any atom is -0.406 e. The highest BCUT2D eigenvalue weighted by Gasteiger charge is 2.24. The summed E-state index contributed by atoms with van der Waals surface area (Å²) >= 11 is 0. The lowest BCUT2D eigenvalue weighted by atomic mass is 10.1. The molecule has 0 spiro atoms. The molecule has 1 fully saturated rings. The first-order valence-electron chi connectivity index (χ1n) is 7.67. The number of anilines is 1. The van der Waals surface area contributed by atoms with Gasteiger partial charge in [-0.2, -0.15) is 0 Å². The van der Waals surface area contributed by atoms with E-state index < -0.39 is 0 Å². The second-order valence-corrected chi connectivity index (χ2v) is 5.28. The summed E-state index contributed by atoms with van der Waals surface area (Å²) in [6, 6.07) is 0.715. The van der Waals surface area contributed by atoms with Crippen LogP contribution in [0.25, 0.3) is 0 Å². The van der Waals surface area contributed by atoms with Crippen molar-refractivity contribution >= 4 is 6.01 Å². The molecule has 0 radical (unpaired) electrons. The molecule has 2 unspecified atom stereocenters. The molecule has 1 N–H and O–H groups in total. The molecule has 0 amide bonds. The fraction of sp³-hybridized carbons (Fsp3) is 0.857. The first kappa shape index (κ1) is 15.3. The predicted molar refractivity (Wildman–Crippen MR) is 77.9 cm³/mol. The molecule has 0 aromatic carbocycles. The normalized spacial score (nSPS) is 21.1. The van der Waals surface area contributed by atoms with E-state index in [0.717, 1.165) is 45.5 Å². The van der Waals surface area contributed by atoms with E-state index in [1.165, 1.54) is 0 Å². The van der Waals surface area contributed by atoms with Crippen molar-refractivity contribution in [3.05, 3.63) is 5.89 Å². The molecule has 6 nitrogen and oxygen atoms in total. The zero-order valence-electron chi connectivity index (χ0n) is 12.8. The van der Waals surface area contributed by atoms with Gasteiger partial charge in [0.25, 0.3) is 0 Å². The monoisotopic (exact) mass is 282 g/mol. The third kappa shape index (κ3) is 3.93. The van der Waals surface area contributed by atoms with Crippen molar-refractivity contribution in [1.29, 1.82) is 0 Å². The predicted octanol–water partition coefficient (Wildman–Crippen LogP) is 2.14. The van der Waals surface area contributed by atoms with Crippen molar-refractivity contribution in [1.82, 2.24) is 15.5 Å². The lowest BCUT2D eigenvalue weighted by Gasteiger charge is -2.31. The molecule has 1 saturated heterocycles. The average molecular weight is 282 g/mol. The van der Waals surface area contributed by atoms with E-state index >= 15 is 0 Å². The number of hydrogen-bond acceptors (Lipinski definition) is 6. The molecule has 1 aliphatic heterocycles. The minimum atomic E-state index is 0.0955. The van der Waals surface area contributed by atoms with Crippen LogP contribution in [0.1, 0.15) is 52.0 Å². The van der Waals surface area contributed by atoms with Crippen LogP contribution in [-0.2, 0) is 4.74 Å². The maximum atomic E-state index is 5.83. The number of rotatable bonds is 7. The standard InChI is InChI=1S/C14H26N4O2/c1-4-9-19-12-7-6-8-18(10-12)14-17-16-13(20-14)11(3)15-5-2/h11-12,15H,4-10H2,1-3H3. The van der Waals surface area contributed by atoms with Gasteiger partial charge in [-0.3, -0.25) is 0 Å². The van der Waals surface area contributed by atoms with Gasteiger partial charge in [-0.25, -0.2) is 0 Å². The number of aromatic nitrogens is 2. The lowest BCUT2D eigenvalue weighted by Crippen LogP contribution is -2.40. The second kappa shape index (κ2) is 7.59. The summed E-state index contributed by atoms with van der Waals surface area (Å²) in [5, 5.41) is 11.6. The Kier molecular flexibility index (Phi) is 5.79. The number of piperidine rings is 1. The van der Waals surface area contributed by atoms with Crippen LogP contribution in [0.3, 0.4) is 0 Å². The van der Waals surface area contributed by atoms with Gasteiger partial charge in [0.05, 0.1) is 12.1 Å². The van der Waals surface area contributed by atoms with Crippen LogP contribution in [0, 0.1) is 0 Å². The Morgan fingerprint density at radius 3 is 3.05 bits per heavy atom. The van der Waals surface area contributed by atoms with Crippen LogP contribution < -0.4 is 10.2 Å². The quantitative estimate of drug-likeness (QED) is 0.826. The topological polar surface area (TPSA) is 63.4 Å². The Bertz CT molecular complexity index is 396. The first-order valence-corrected chi connectivity index (χ1v) is 7.67. The van der Waals surface area contributed by atoms with Crippen LogP contribution in [0.5, 0.6) is 0 Å². The molecule has 0 aliphatic carbocycles. The van der Waals surface area contributed by atoms with E-state index in [9.17, 15) is 0 Å². The van der Waals surface area contributed by atoms with Gasteiger partial charge in [0.2, 0.25) is 5.89 Å². The van der Waals surface area contributed by atoms with Crippen molar-refractivity contribution in [2.45, 2.75) is 52.2 Å². The molecule has 0 bridgehead atoms. The molecular weight excluding hydrogens is 256 g/mol. The summed E-state index contributed by atoms with van der Waals surface area (Å²) in [6.07, 6.45) is 3.56. The summed E-state index contributed by atoms with van der Waals surface area (Å²) in [7, 11) is 0. The third-order valence-corrected chi connectivity index (χ3v) is 3.52. The van der Waals surface area contributed by atoms with Crippen LogP contribution in [0.2, 0.25) is 0 Å². The zero-order chi connectivity index (χ0) is 14.4. The highest BCUT2D eigenvalue weighted by atomic mass is 16.5. The zero-order valence-corrected chi connectivity index (χ0v) is 12.8. The van der Waals surface area contributed by atoms with E-state index in [1.807, 2.05) is 6.92 Å². The van der Waals surface area contributed by atoms with Gasteiger partial charge in [-0.05, 0) is 32.7 Å². The Labute approximate surface area is 120 Å². The summed E-state index contributed by atoms with van der Waals surface area (Å²) in [5.74, 6) is 0.651. The molecule has 2 atom stereocenters. The van der Waals surface area contributed by atoms with E-state index in [1.54, 1.807) is 0 Å². The molecule has 0 saturated carbocycles. The molecule has 2 rings (SSSR count). The highest BCUT2D eigenvalue weighted by Crippen LogP contribution is 2.22. The summed E-state index contributed by atoms with van der Waals surface area (Å²) in [6.45, 7) is 9.74. The van der Waals surface area contributed by atoms with E-state index in [-0.39, 0.29) is 12.1 Å². The first-order chi connectivity index (χ1) is 9.74. The van der Waals surface area contributed by atoms with Gasteiger partial charge in [-0.15, -0.1) is 5.10 Å².